The fourth-order valence-electron chi connectivity index (χ4n) is 5.50. The molecule has 1 aliphatic carbocycles. The van der Waals surface area contributed by atoms with E-state index in [9.17, 15) is 9.59 Å². The first-order chi connectivity index (χ1) is 20.3. The lowest BCUT2D eigenvalue weighted by molar-refractivity contribution is -0.140. The van der Waals surface area contributed by atoms with Gasteiger partial charge in [0.2, 0.25) is 0 Å². The van der Waals surface area contributed by atoms with E-state index in [-0.39, 0.29) is 40.1 Å². The summed E-state index contributed by atoms with van der Waals surface area (Å²) in [5, 5.41) is 0.212. The smallest absolute Gasteiger partial charge is 0.305 e. The van der Waals surface area contributed by atoms with Gasteiger partial charge in [0.15, 0.2) is 16.6 Å². The maximum Gasteiger partial charge on any atom is 0.305 e. The molecule has 0 amide bonds. The topological polar surface area (TPSA) is 61.8 Å². The molecule has 2 rings (SSSR count). The lowest BCUT2D eigenvalue weighted by Gasteiger charge is -2.40. The molecule has 1 aliphatic rings. The van der Waals surface area contributed by atoms with E-state index in [1.807, 2.05) is 0 Å². The fourth-order valence-corrected chi connectivity index (χ4v) is 8.16. The number of methoxy groups -OCH3 is 1. The molecule has 0 N–H and O–H groups in total. The van der Waals surface area contributed by atoms with E-state index in [1.54, 1.807) is 0 Å². The van der Waals surface area contributed by atoms with Crippen molar-refractivity contribution in [2.75, 3.05) is 7.11 Å². The SMILES string of the molecule is CCCCCC(O[Si](C)(C)C(C)(C)C)c1ccc([C@H]2[C@@H](O[Si](C)(C)C(C)(C)C)CC(=O)[C@@H]2C/C=C\CCCC(=O)OC)cc1. The molecule has 0 saturated heterocycles. The van der Waals surface area contributed by atoms with Gasteiger partial charge >= 0.3 is 5.97 Å². The monoisotopic (exact) mass is 644 g/mol. The van der Waals surface area contributed by atoms with E-state index in [2.05, 4.69) is 111 Å². The van der Waals surface area contributed by atoms with Gasteiger partial charge in [-0.15, -0.1) is 0 Å². The van der Waals surface area contributed by atoms with Crippen LogP contribution in [0.2, 0.25) is 36.3 Å². The summed E-state index contributed by atoms with van der Waals surface area (Å²) in [7, 11) is -2.62. The summed E-state index contributed by atoms with van der Waals surface area (Å²) in [6, 6.07) is 9.00. The lowest BCUT2D eigenvalue weighted by Crippen LogP contribution is -2.44. The van der Waals surface area contributed by atoms with Crippen molar-refractivity contribution in [2.45, 2.75) is 161 Å². The average Bonchev–Trinajstić information content (AvgIpc) is 3.22. The second-order valence-corrected chi connectivity index (χ2v) is 25.4. The zero-order valence-electron chi connectivity index (χ0n) is 30.2. The van der Waals surface area contributed by atoms with Crippen LogP contribution in [0.15, 0.2) is 36.4 Å². The molecular formula is C37H64O5Si2. The highest BCUT2D eigenvalue weighted by atomic mass is 28.4. The second-order valence-electron chi connectivity index (χ2n) is 15.9. The first kappa shape index (κ1) is 38.6. The normalized spacial score (nSPS) is 20.8. The minimum absolute atomic E-state index is 0.0187. The standard InChI is InChI=1S/C37H64O5Si2/c1-13-14-17-21-32(41-43(9,10)36(2,3)4)28-23-25-29(26-24-28)35-30(20-18-15-16-19-22-34(39)40-8)31(38)27-33(35)42-44(11,12)37(5,6)7/h15,18,23-26,30,32-33,35H,13-14,16-17,19-22,27H2,1-12H3/b18-15-/t30-,32?,33-,35+/m0/s1. The van der Waals surface area contributed by atoms with Crippen LogP contribution in [0.5, 0.6) is 0 Å². The summed E-state index contributed by atoms with van der Waals surface area (Å²) in [6.07, 6.45) is 11.9. The van der Waals surface area contributed by atoms with E-state index >= 15 is 0 Å². The Labute approximate surface area is 272 Å². The van der Waals surface area contributed by atoms with Crippen molar-refractivity contribution in [1.29, 1.82) is 0 Å². The second kappa shape index (κ2) is 16.3. The first-order valence-corrected chi connectivity index (χ1v) is 22.9. The van der Waals surface area contributed by atoms with Gasteiger partial charge in [-0.05, 0) is 73.1 Å². The Hall–Kier alpha value is -1.55. The number of carbonyl (C=O) groups is 2. The molecule has 7 heteroatoms. The molecule has 5 nitrogen and oxygen atoms in total. The minimum atomic E-state index is -2.09. The maximum absolute atomic E-state index is 13.5. The molecule has 0 heterocycles. The third kappa shape index (κ3) is 10.8. The molecule has 0 aliphatic heterocycles. The van der Waals surface area contributed by atoms with Crippen LogP contribution in [0.25, 0.3) is 0 Å². The summed E-state index contributed by atoms with van der Waals surface area (Å²) >= 11 is 0. The van der Waals surface area contributed by atoms with Crippen LogP contribution in [0, 0.1) is 5.92 Å². The summed E-state index contributed by atoms with van der Waals surface area (Å²) in [5.41, 5.74) is 2.43. The maximum atomic E-state index is 13.5. The molecule has 44 heavy (non-hydrogen) atoms. The summed E-state index contributed by atoms with van der Waals surface area (Å²) < 4.78 is 18.7. The Balaban J connectivity index is 2.37. The van der Waals surface area contributed by atoms with Gasteiger partial charge in [0.25, 0.3) is 0 Å². The van der Waals surface area contributed by atoms with Crippen molar-refractivity contribution in [1.82, 2.24) is 0 Å². The number of ether oxygens (including phenoxy) is 1. The number of rotatable bonds is 16. The lowest BCUT2D eigenvalue weighted by atomic mass is 9.84. The van der Waals surface area contributed by atoms with Gasteiger partial charge in [-0.3, -0.25) is 9.59 Å². The van der Waals surface area contributed by atoms with Crippen molar-refractivity contribution < 1.29 is 23.2 Å². The number of ketones is 1. The van der Waals surface area contributed by atoms with Gasteiger partial charge in [0.1, 0.15) is 5.78 Å². The Bertz CT molecular complexity index is 1080. The van der Waals surface area contributed by atoms with Crippen LogP contribution < -0.4 is 0 Å². The molecule has 4 atom stereocenters. The number of hydrogen-bond donors (Lipinski definition) is 0. The van der Waals surface area contributed by atoms with E-state index in [0.717, 1.165) is 25.7 Å². The largest absolute Gasteiger partial charge is 0.469 e. The summed E-state index contributed by atoms with van der Waals surface area (Å²) in [5.74, 6) is 0.0167. The third-order valence-corrected chi connectivity index (χ3v) is 19.4. The number of benzene rings is 1. The van der Waals surface area contributed by atoms with Gasteiger partial charge in [-0.2, -0.15) is 0 Å². The highest BCUT2D eigenvalue weighted by molar-refractivity contribution is 6.74. The Morgan fingerprint density at radius 2 is 1.55 bits per heavy atom. The molecule has 1 aromatic carbocycles. The summed E-state index contributed by atoms with van der Waals surface area (Å²) in [4.78, 5) is 25.0. The molecule has 0 aromatic heterocycles. The van der Waals surface area contributed by atoms with E-state index < -0.39 is 16.6 Å². The molecular weight excluding hydrogens is 581 g/mol. The van der Waals surface area contributed by atoms with Gasteiger partial charge in [0, 0.05) is 24.7 Å². The van der Waals surface area contributed by atoms with Crippen molar-refractivity contribution in [3.8, 4) is 0 Å². The Kier molecular flexibility index (Phi) is 14.3. The zero-order chi connectivity index (χ0) is 33.3. The predicted molar refractivity (Wildman–Crippen MR) is 189 cm³/mol. The highest BCUT2D eigenvalue weighted by Gasteiger charge is 2.48. The zero-order valence-corrected chi connectivity index (χ0v) is 32.2. The number of Topliss-reactive ketones (excluding diaryl/α,β-unsaturated/α-hetero) is 1. The number of carbonyl (C=O) groups excluding carboxylic acids is 2. The first-order valence-electron chi connectivity index (χ1n) is 17.0. The Morgan fingerprint density at radius 3 is 2.09 bits per heavy atom. The number of hydrogen-bond acceptors (Lipinski definition) is 5. The van der Waals surface area contributed by atoms with Crippen LogP contribution in [0.1, 0.15) is 129 Å². The number of unbranched alkanes of at least 4 members (excludes halogenated alkanes) is 3. The molecule has 1 saturated carbocycles. The van der Waals surface area contributed by atoms with Crippen molar-refractivity contribution in [3.63, 3.8) is 0 Å². The average molecular weight is 645 g/mol. The fraction of sp³-hybridized carbons (Fsp3) is 0.730. The van der Waals surface area contributed by atoms with E-state index in [0.29, 0.717) is 25.0 Å². The predicted octanol–water partition coefficient (Wildman–Crippen LogP) is 10.7. The molecule has 1 fully saturated rings. The third-order valence-electron chi connectivity index (χ3n) is 10.4. The molecule has 1 aromatic rings. The molecule has 0 bridgehead atoms. The summed E-state index contributed by atoms with van der Waals surface area (Å²) in [6.45, 7) is 25.2. The minimum Gasteiger partial charge on any atom is -0.469 e. The van der Waals surface area contributed by atoms with Gasteiger partial charge in [0.05, 0.1) is 19.3 Å². The van der Waals surface area contributed by atoms with Gasteiger partial charge < -0.3 is 13.6 Å². The van der Waals surface area contributed by atoms with Crippen molar-refractivity contribution >= 4 is 28.4 Å². The van der Waals surface area contributed by atoms with Crippen LogP contribution in [-0.4, -0.2) is 41.6 Å². The Morgan fingerprint density at radius 1 is 0.932 bits per heavy atom. The molecule has 250 valence electrons. The van der Waals surface area contributed by atoms with Crippen molar-refractivity contribution in [2.24, 2.45) is 5.92 Å². The number of esters is 1. The molecule has 0 radical (unpaired) electrons. The highest BCUT2D eigenvalue weighted by Crippen LogP contribution is 2.47. The van der Waals surface area contributed by atoms with Crippen LogP contribution in [-0.2, 0) is 23.2 Å². The van der Waals surface area contributed by atoms with Crippen LogP contribution in [0.3, 0.4) is 0 Å². The van der Waals surface area contributed by atoms with Gasteiger partial charge in [-0.25, -0.2) is 0 Å². The van der Waals surface area contributed by atoms with E-state index in [1.165, 1.54) is 31.1 Å². The van der Waals surface area contributed by atoms with Crippen LogP contribution in [0.4, 0.5) is 0 Å². The van der Waals surface area contributed by atoms with Crippen molar-refractivity contribution in [3.05, 3.63) is 47.5 Å². The number of allylic oxidation sites excluding steroid dienone is 2. The molecule has 0 spiro atoms. The van der Waals surface area contributed by atoms with E-state index in [4.69, 9.17) is 13.6 Å². The quantitative estimate of drug-likeness (QED) is 0.0775. The molecule has 1 unspecified atom stereocenters. The van der Waals surface area contributed by atoms with Crippen LogP contribution >= 0.6 is 0 Å². The van der Waals surface area contributed by atoms with Gasteiger partial charge in [-0.1, -0.05) is 104 Å².